The van der Waals surface area contributed by atoms with Crippen LogP contribution in [0.25, 0.3) is 0 Å². The Bertz CT molecular complexity index is 630. The fraction of sp³-hybridized carbons (Fsp3) is 0.0667. The first-order valence-electron chi connectivity index (χ1n) is 5.50. The summed E-state index contributed by atoms with van der Waals surface area (Å²) in [6.45, 7) is 0. The predicted octanol–water partition coefficient (Wildman–Crippen LogP) is 2.48. The molecule has 0 aliphatic rings. The first-order valence-corrected chi connectivity index (χ1v) is 5.50. The molecule has 2 aromatic carbocycles. The van der Waals surface area contributed by atoms with E-state index in [2.05, 4.69) is 12.1 Å². The molecule has 86 valence electrons. The van der Waals surface area contributed by atoms with Crippen LogP contribution in [0.4, 0.5) is 0 Å². The molecule has 2 aromatic rings. The Balaban J connectivity index is 2.32. The molecule has 1 unspecified atom stereocenters. The Morgan fingerprint density at radius 2 is 1.50 bits per heavy atom. The third-order valence-corrected chi connectivity index (χ3v) is 2.77. The van der Waals surface area contributed by atoms with Crippen molar-refractivity contribution in [3.63, 3.8) is 0 Å². The normalized spacial score (nSPS) is 11.3. The van der Waals surface area contributed by atoms with Crippen molar-refractivity contribution in [1.29, 1.82) is 10.5 Å². The van der Waals surface area contributed by atoms with Crippen LogP contribution in [0.2, 0.25) is 0 Å². The molecule has 0 bridgehead atoms. The highest BCUT2D eigenvalue weighted by Crippen LogP contribution is 2.20. The number of nitrogens with two attached hydrogens (primary N) is 1. The van der Waals surface area contributed by atoms with E-state index >= 15 is 0 Å². The van der Waals surface area contributed by atoms with Crippen molar-refractivity contribution in [1.82, 2.24) is 0 Å². The summed E-state index contributed by atoms with van der Waals surface area (Å²) >= 11 is 0. The highest BCUT2D eigenvalue weighted by molar-refractivity contribution is 5.40. The fourth-order valence-corrected chi connectivity index (χ4v) is 1.76. The molecule has 0 fully saturated rings. The van der Waals surface area contributed by atoms with Crippen LogP contribution in [0.15, 0.2) is 48.5 Å². The van der Waals surface area contributed by atoms with Gasteiger partial charge in [0.25, 0.3) is 0 Å². The van der Waals surface area contributed by atoms with Crippen LogP contribution in [0.5, 0.6) is 0 Å². The number of hydrogen-bond acceptors (Lipinski definition) is 3. The van der Waals surface area contributed by atoms with Crippen molar-refractivity contribution in [2.75, 3.05) is 0 Å². The maximum Gasteiger partial charge on any atom is 0.0991 e. The van der Waals surface area contributed by atoms with Gasteiger partial charge in [-0.05, 0) is 35.4 Å². The van der Waals surface area contributed by atoms with Crippen LogP contribution in [0.1, 0.15) is 28.3 Å². The lowest BCUT2D eigenvalue weighted by Gasteiger charge is -2.12. The number of hydrogen-bond donors (Lipinski definition) is 1. The van der Waals surface area contributed by atoms with Gasteiger partial charge in [-0.25, -0.2) is 0 Å². The molecule has 0 amide bonds. The highest BCUT2D eigenvalue weighted by atomic mass is 14.6. The van der Waals surface area contributed by atoms with Gasteiger partial charge in [0, 0.05) is 0 Å². The minimum absolute atomic E-state index is 0.286. The number of nitriles is 2. The van der Waals surface area contributed by atoms with Gasteiger partial charge in [-0.3, -0.25) is 0 Å². The van der Waals surface area contributed by atoms with Gasteiger partial charge in [-0.1, -0.05) is 24.3 Å². The summed E-state index contributed by atoms with van der Waals surface area (Å²) < 4.78 is 0. The molecule has 0 saturated carbocycles. The van der Waals surface area contributed by atoms with Crippen LogP contribution < -0.4 is 5.73 Å². The highest BCUT2D eigenvalue weighted by Gasteiger charge is 2.09. The van der Waals surface area contributed by atoms with E-state index in [0.29, 0.717) is 11.1 Å². The largest absolute Gasteiger partial charge is 0.320 e. The zero-order chi connectivity index (χ0) is 13.0. The Morgan fingerprint density at radius 3 is 2.11 bits per heavy atom. The topological polar surface area (TPSA) is 73.6 Å². The molecule has 1 atom stereocenters. The first-order chi connectivity index (χ1) is 8.74. The van der Waals surface area contributed by atoms with Gasteiger partial charge in [0.05, 0.1) is 29.3 Å². The standard InChI is InChI=1S/C15H11N3/c16-9-11-4-6-13(7-5-11)15(18)14-3-1-2-12(8-14)10-17/h1-8,15H,18H2. The average Bonchev–Trinajstić information content (AvgIpc) is 2.46. The Hall–Kier alpha value is -2.62. The Kier molecular flexibility index (Phi) is 3.38. The van der Waals surface area contributed by atoms with E-state index in [-0.39, 0.29) is 6.04 Å². The van der Waals surface area contributed by atoms with E-state index in [1.54, 1.807) is 24.3 Å². The third kappa shape index (κ3) is 2.38. The lowest BCUT2D eigenvalue weighted by Crippen LogP contribution is -2.11. The monoisotopic (exact) mass is 233 g/mol. The maximum absolute atomic E-state index is 8.86. The summed E-state index contributed by atoms with van der Waals surface area (Å²) in [5.74, 6) is 0. The van der Waals surface area contributed by atoms with E-state index in [9.17, 15) is 0 Å². The molecule has 0 spiro atoms. The maximum atomic E-state index is 8.86. The summed E-state index contributed by atoms with van der Waals surface area (Å²) in [6.07, 6.45) is 0. The molecule has 2 N–H and O–H groups in total. The molecule has 0 heterocycles. The van der Waals surface area contributed by atoms with E-state index in [4.69, 9.17) is 16.3 Å². The molecule has 0 aliphatic carbocycles. The van der Waals surface area contributed by atoms with Crippen molar-refractivity contribution >= 4 is 0 Å². The average molecular weight is 233 g/mol. The van der Waals surface area contributed by atoms with Crippen LogP contribution in [0.3, 0.4) is 0 Å². The third-order valence-electron chi connectivity index (χ3n) is 2.77. The van der Waals surface area contributed by atoms with Gasteiger partial charge in [0.15, 0.2) is 0 Å². The number of rotatable bonds is 2. The van der Waals surface area contributed by atoms with E-state index < -0.39 is 0 Å². The van der Waals surface area contributed by atoms with Gasteiger partial charge in [-0.2, -0.15) is 10.5 Å². The second-order valence-corrected chi connectivity index (χ2v) is 3.95. The van der Waals surface area contributed by atoms with Gasteiger partial charge < -0.3 is 5.73 Å². The zero-order valence-electron chi connectivity index (χ0n) is 9.67. The molecule has 0 radical (unpaired) electrons. The minimum Gasteiger partial charge on any atom is -0.320 e. The van der Waals surface area contributed by atoms with Crippen LogP contribution in [0, 0.1) is 22.7 Å². The van der Waals surface area contributed by atoms with E-state index in [0.717, 1.165) is 11.1 Å². The summed E-state index contributed by atoms with van der Waals surface area (Å²) in [5.41, 5.74) is 9.15. The lowest BCUT2D eigenvalue weighted by molar-refractivity contribution is 0.870. The van der Waals surface area contributed by atoms with Crippen molar-refractivity contribution in [3.8, 4) is 12.1 Å². The Morgan fingerprint density at radius 1 is 0.833 bits per heavy atom. The first kappa shape index (κ1) is 11.9. The smallest absolute Gasteiger partial charge is 0.0991 e. The minimum atomic E-state index is -0.286. The van der Waals surface area contributed by atoms with Crippen LogP contribution >= 0.6 is 0 Å². The zero-order valence-corrected chi connectivity index (χ0v) is 9.67. The molecule has 0 aliphatic heterocycles. The molecular formula is C15H11N3. The van der Waals surface area contributed by atoms with Crippen LogP contribution in [-0.4, -0.2) is 0 Å². The quantitative estimate of drug-likeness (QED) is 0.865. The van der Waals surface area contributed by atoms with Crippen molar-refractivity contribution in [3.05, 3.63) is 70.8 Å². The van der Waals surface area contributed by atoms with E-state index in [1.165, 1.54) is 0 Å². The molecule has 18 heavy (non-hydrogen) atoms. The summed E-state index contributed by atoms with van der Waals surface area (Å²) in [5, 5.41) is 17.6. The van der Waals surface area contributed by atoms with E-state index in [1.807, 2.05) is 24.3 Å². The number of nitrogens with zero attached hydrogens (tertiary/aromatic N) is 2. The summed E-state index contributed by atoms with van der Waals surface area (Å²) in [4.78, 5) is 0. The van der Waals surface area contributed by atoms with Crippen molar-refractivity contribution in [2.24, 2.45) is 5.73 Å². The second kappa shape index (κ2) is 5.14. The molecular weight excluding hydrogens is 222 g/mol. The van der Waals surface area contributed by atoms with Gasteiger partial charge in [0.2, 0.25) is 0 Å². The molecule has 3 heteroatoms. The van der Waals surface area contributed by atoms with Crippen molar-refractivity contribution < 1.29 is 0 Å². The van der Waals surface area contributed by atoms with Gasteiger partial charge >= 0.3 is 0 Å². The van der Waals surface area contributed by atoms with Gasteiger partial charge in [-0.15, -0.1) is 0 Å². The van der Waals surface area contributed by atoms with Crippen molar-refractivity contribution in [2.45, 2.75) is 6.04 Å². The molecule has 0 saturated heterocycles. The fourth-order valence-electron chi connectivity index (χ4n) is 1.76. The van der Waals surface area contributed by atoms with Gasteiger partial charge in [0.1, 0.15) is 0 Å². The number of benzene rings is 2. The second-order valence-electron chi connectivity index (χ2n) is 3.95. The SMILES string of the molecule is N#Cc1ccc(C(N)c2cccc(C#N)c2)cc1. The molecule has 2 rings (SSSR count). The summed E-state index contributed by atoms with van der Waals surface area (Å²) in [7, 11) is 0. The molecule has 0 aromatic heterocycles. The predicted molar refractivity (Wildman–Crippen MR) is 68.3 cm³/mol. The lowest BCUT2D eigenvalue weighted by atomic mass is 9.97. The molecule has 3 nitrogen and oxygen atoms in total. The summed E-state index contributed by atoms with van der Waals surface area (Å²) in [6, 6.07) is 18.3. The Labute approximate surface area is 106 Å². The van der Waals surface area contributed by atoms with Crippen LogP contribution in [-0.2, 0) is 0 Å².